The molecule has 0 aromatic heterocycles. The van der Waals surface area contributed by atoms with Crippen molar-refractivity contribution in [2.24, 2.45) is 5.41 Å². The lowest BCUT2D eigenvalue weighted by Gasteiger charge is -2.26. The van der Waals surface area contributed by atoms with Gasteiger partial charge in [-0.1, -0.05) is 24.3 Å². The molecule has 0 bridgehead atoms. The fraction of sp³-hybridized carbons (Fsp3) is 0.500. The first-order valence-electron chi connectivity index (χ1n) is 3.39. The Balaban J connectivity index is 2.66. The van der Waals surface area contributed by atoms with Gasteiger partial charge in [0.1, 0.15) is 0 Å². The SMILES string of the molecule is SCC1(CS)C=CC=CC1. The van der Waals surface area contributed by atoms with Crippen LogP contribution in [0.1, 0.15) is 6.42 Å². The molecular formula is C8H12S2. The fourth-order valence-corrected chi connectivity index (χ4v) is 1.86. The van der Waals surface area contributed by atoms with E-state index >= 15 is 0 Å². The van der Waals surface area contributed by atoms with Gasteiger partial charge >= 0.3 is 0 Å². The molecule has 0 fully saturated rings. The van der Waals surface area contributed by atoms with E-state index in [2.05, 4.69) is 49.6 Å². The lowest BCUT2D eigenvalue weighted by Crippen LogP contribution is -2.22. The Morgan fingerprint density at radius 3 is 2.20 bits per heavy atom. The second-order valence-electron chi connectivity index (χ2n) is 2.67. The van der Waals surface area contributed by atoms with Crippen LogP contribution in [0.25, 0.3) is 0 Å². The molecule has 0 spiro atoms. The van der Waals surface area contributed by atoms with E-state index in [-0.39, 0.29) is 5.41 Å². The largest absolute Gasteiger partial charge is 0.178 e. The first kappa shape index (κ1) is 8.28. The molecule has 1 rings (SSSR count). The van der Waals surface area contributed by atoms with Crippen molar-refractivity contribution in [3.8, 4) is 0 Å². The molecule has 0 aliphatic heterocycles. The molecule has 1 aliphatic carbocycles. The smallest absolute Gasteiger partial charge is 0.00954 e. The molecule has 0 saturated heterocycles. The monoisotopic (exact) mass is 172 g/mol. The molecule has 0 radical (unpaired) electrons. The highest BCUT2D eigenvalue weighted by atomic mass is 32.1. The summed E-state index contributed by atoms with van der Waals surface area (Å²) in [6.45, 7) is 0. The molecular weight excluding hydrogens is 160 g/mol. The van der Waals surface area contributed by atoms with E-state index in [9.17, 15) is 0 Å². The van der Waals surface area contributed by atoms with Crippen molar-refractivity contribution < 1.29 is 0 Å². The predicted octanol–water partition coefficient (Wildman–Crippen LogP) is 2.35. The Morgan fingerprint density at radius 2 is 1.90 bits per heavy atom. The van der Waals surface area contributed by atoms with Gasteiger partial charge in [0.15, 0.2) is 0 Å². The maximum absolute atomic E-state index is 4.30. The van der Waals surface area contributed by atoms with Gasteiger partial charge in [-0.3, -0.25) is 0 Å². The summed E-state index contributed by atoms with van der Waals surface area (Å²) in [6.07, 6.45) is 9.61. The van der Waals surface area contributed by atoms with Crippen LogP contribution in [-0.2, 0) is 0 Å². The highest BCUT2D eigenvalue weighted by molar-refractivity contribution is 7.81. The van der Waals surface area contributed by atoms with E-state index in [0.717, 1.165) is 17.9 Å². The highest BCUT2D eigenvalue weighted by Crippen LogP contribution is 2.29. The number of thiol groups is 2. The van der Waals surface area contributed by atoms with E-state index in [1.54, 1.807) is 0 Å². The zero-order valence-electron chi connectivity index (χ0n) is 5.83. The molecule has 0 aromatic rings. The molecule has 56 valence electrons. The Bertz CT molecular complexity index is 155. The van der Waals surface area contributed by atoms with Gasteiger partial charge in [0.2, 0.25) is 0 Å². The molecule has 0 saturated carbocycles. The molecule has 2 heteroatoms. The van der Waals surface area contributed by atoms with E-state index in [0.29, 0.717) is 0 Å². The topological polar surface area (TPSA) is 0 Å². The summed E-state index contributed by atoms with van der Waals surface area (Å²) in [5, 5.41) is 0. The Kier molecular flexibility index (Phi) is 2.93. The summed E-state index contributed by atoms with van der Waals surface area (Å²) in [6, 6.07) is 0. The third kappa shape index (κ3) is 1.61. The van der Waals surface area contributed by atoms with Crippen molar-refractivity contribution in [3.05, 3.63) is 24.3 Å². The first-order valence-corrected chi connectivity index (χ1v) is 4.65. The average molecular weight is 172 g/mol. The van der Waals surface area contributed by atoms with Crippen LogP contribution in [0.2, 0.25) is 0 Å². The molecule has 0 unspecified atom stereocenters. The molecule has 10 heavy (non-hydrogen) atoms. The average Bonchev–Trinajstić information content (AvgIpc) is 2.06. The number of hydrogen-bond donors (Lipinski definition) is 2. The zero-order chi connectivity index (χ0) is 7.45. The summed E-state index contributed by atoms with van der Waals surface area (Å²) < 4.78 is 0. The van der Waals surface area contributed by atoms with Crippen LogP contribution >= 0.6 is 25.3 Å². The van der Waals surface area contributed by atoms with Gasteiger partial charge in [-0.05, 0) is 6.42 Å². The minimum Gasteiger partial charge on any atom is -0.178 e. The lowest BCUT2D eigenvalue weighted by atomic mass is 9.86. The van der Waals surface area contributed by atoms with Crippen molar-refractivity contribution in [1.82, 2.24) is 0 Å². The van der Waals surface area contributed by atoms with Gasteiger partial charge in [-0.2, -0.15) is 25.3 Å². The Hall–Kier alpha value is 0.180. The third-order valence-electron chi connectivity index (χ3n) is 1.85. The van der Waals surface area contributed by atoms with Crippen molar-refractivity contribution in [1.29, 1.82) is 0 Å². The van der Waals surface area contributed by atoms with Crippen LogP contribution in [-0.4, -0.2) is 11.5 Å². The quantitative estimate of drug-likeness (QED) is 0.587. The van der Waals surface area contributed by atoms with Gasteiger partial charge in [0.05, 0.1) is 0 Å². The first-order chi connectivity index (χ1) is 4.83. The van der Waals surface area contributed by atoms with Crippen molar-refractivity contribution in [2.75, 3.05) is 11.5 Å². The highest BCUT2D eigenvalue weighted by Gasteiger charge is 2.22. The van der Waals surface area contributed by atoms with E-state index < -0.39 is 0 Å². The van der Waals surface area contributed by atoms with Crippen LogP contribution in [0.15, 0.2) is 24.3 Å². The van der Waals surface area contributed by atoms with Crippen LogP contribution in [0, 0.1) is 5.41 Å². The third-order valence-corrected chi connectivity index (χ3v) is 3.11. The Labute approximate surface area is 73.2 Å². The zero-order valence-corrected chi connectivity index (χ0v) is 7.61. The molecule has 0 atom stereocenters. The second kappa shape index (κ2) is 3.54. The summed E-state index contributed by atoms with van der Waals surface area (Å²) >= 11 is 8.59. The fourth-order valence-electron chi connectivity index (χ4n) is 0.994. The molecule has 0 nitrogen and oxygen atoms in total. The minimum absolute atomic E-state index is 0.223. The second-order valence-corrected chi connectivity index (χ2v) is 3.30. The van der Waals surface area contributed by atoms with Crippen LogP contribution in [0.4, 0.5) is 0 Å². The predicted molar refractivity (Wildman–Crippen MR) is 53.0 cm³/mol. The maximum atomic E-state index is 4.30. The number of allylic oxidation sites excluding steroid dienone is 4. The van der Waals surface area contributed by atoms with Crippen molar-refractivity contribution >= 4 is 25.3 Å². The normalized spacial score (nSPS) is 21.4. The maximum Gasteiger partial charge on any atom is 0.00954 e. The van der Waals surface area contributed by atoms with Gasteiger partial charge in [0.25, 0.3) is 0 Å². The standard InChI is InChI=1S/C8H12S2/c9-6-8(7-10)4-2-1-3-5-8/h1-4,9-10H,5-7H2. The van der Waals surface area contributed by atoms with Crippen LogP contribution < -0.4 is 0 Å². The summed E-state index contributed by atoms with van der Waals surface area (Å²) in [7, 11) is 0. The molecule has 1 aliphatic rings. The van der Waals surface area contributed by atoms with Crippen molar-refractivity contribution in [3.63, 3.8) is 0 Å². The molecule has 0 aromatic carbocycles. The van der Waals surface area contributed by atoms with Crippen LogP contribution in [0.5, 0.6) is 0 Å². The Morgan fingerprint density at radius 1 is 1.20 bits per heavy atom. The molecule has 0 amide bonds. The van der Waals surface area contributed by atoms with Gasteiger partial charge in [0, 0.05) is 16.9 Å². The van der Waals surface area contributed by atoms with E-state index in [4.69, 9.17) is 0 Å². The summed E-state index contributed by atoms with van der Waals surface area (Å²) in [5.41, 5.74) is 0.223. The summed E-state index contributed by atoms with van der Waals surface area (Å²) in [5.74, 6) is 1.77. The summed E-state index contributed by atoms with van der Waals surface area (Å²) in [4.78, 5) is 0. The van der Waals surface area contributed by atoms with Gasteiger partial charge < -0.3 is 0 Å². The minimum atomic E-state index is 0.223. The molecule has 0 heterocycles. The van der Waals surface area contributed by atoms with Crippen LogP contribution in [0.3, 0.4) is 0 Å². The van der Waals surface area contributed by atoms with Gasteiger partial charge in [-0.25, -0.2) is 0 Å². The number of rotatable bonds is 2. The van der Waals surface area contributed by atoms with Gasteiger partial charge in [-0.15, -0.1) is 0 Å². The van der Waals surface area contributed by atoms with E-state index in [1.165, 1.54) is 0 Å². The van der Waals surface area contributed by atoms with Crippen molar-refractivity contribution in [2.45, 2.75) is 6.42 Å². The lowest BCUT2D eigenvalue weighted by molar-refractivity contribution is 0.509. The molecule has 0 N–H and O–H groups in total. The van der Waals surface area contributed by atoms with E-state index in [1.807, 2.05) is 0 Å². The number of hydrogen-bond acceptors (Lipinski definition) is 2.